The molecule has 27 heavy (non-hydrogen) atoms. The van der Waals surface area contributed by atoms with Crippen molar-refractivity contribution in [2.24, 2.45) is 5.92 Å². The van der Waals surface area contributed by atoms with Crippen LogP contribution in [0.4, 0.5) is 0 Å². The van der Waals surface area contributed by atoms with E-state index in [1.165, 1.54) is 4.31 Å². The molecule has 1 N–H and O–H groups in total. The molecule has 1 saturated heterocycles. The van der Waals surface area contributed by atoms with Gasteiger partial charge in [0.25, 0.3) is 0 Å². The maximum absolute atomic E-state index is 13.1. The summed E-state index contributed by atoms with van der Waals surface area (Å²) in [4.78, 5) is 12.9. The zero-order chi connectivity index (χ0) is 18.9. The molecule has 1 aliphatic carbocycles. The number of hydrogen-bond acceptors (Lipinski definition) is 3. The Balaban J connectivity index is 1.51. The lowest BCUT2D eigenvalue weighted by Crippen LogP contribution is -2.47. The minimum absolute atomic E-state index is 0.0142. The molecule has 2 aromatic rings. The van der Waals surface area contributed by atoms with Crippen molar-refractivity contribution in [2.45, 2.75) is 49.5 Å². The van der Waals surface area contributed by atoms with Crippen molar-refractivity contribution in [3.8, 4) is 0 Å². The first kappa shape index (κ1) is 18.4. The average Bonchev–Trinajstić information content (AvgIpc) is 3.20. The number of carbonyl (C=O) groups is 1. The van der Waals surface area contributed by atoms with Gasteiger partial charge in [-0.2, -0.15) is 4.31 Å². The Morgan fingerprint density at radius 2 is 1.70 bits per heavy atom. The topological polar surface area (TPSA) is 66.5 Å². The molecule has 1 atom stereocenters. The van der Waals surface area contributed by atoms with Gasteiger partial charge in [-0.3, -0.25) is 4.79 Å². The van der Waals surface area contributed by atoms with Crippen LogP contribution in [-0.2, 0) is 14.8 Å². The zero-order valence-corrected chi connectivity index (χ0v) is 16.2. The molecule has 2 aromatic carbocycles. The fourth-order valence-corrected chi connectivity index (χ4v) is 5.80. The van der Waals surface area contributed by atoms with E-state index in [0.29, 0.717) is 11.4 Å². The third-order valence-electron chi connectivity index (χ3n) is 5.82. The molecule has 1 amide bonds. The molecule has 2 fully saturated rings. The summed E-state index contributed by atoms with van der Waals surface area (Å²) in [5.41, 5.74) is 0. The Hall–Kier alpha value is -1.92. The standard InChI is InChI=1S/C21H26N2O3S/c24-21(22-19-9-3-4-10-19)18-8-5-13-23(15-18)27(25,26)20-12-11-16-6-1-2-7-17(16)14-20/h1-2,6-7,11-12,14,18-19H,3-5,8-10,13,15H2,(H,22,24)/t18-/m1/s1. The van der Waals surface area contributed by atoms with Crippen LogP contribution in [-0.4, -0.2) is 37.8 Å². The number of carbonyl (C=O) groups excluding carboxylic acids is 1. The predicted molar refractivity (Wildman–Crippen MR) is 106 cm³/mol. The molecule has 1 saturated carbocycles. The van der Waals surface area contributed by atoms with Crippen molar-refractivity contribution >= 4 is 26.7 Å². The van der Waals surface area contributed by atoms with Gasteiger partial charge in [0.05, 0.1) is 10.8 Å². The lowest BCUT2D eigenvalue weighted by molar-refractivity contribution is -0.126. The Kier molecular flexibility index (Phi) is 5.19. The van der Waals surface area contributed by atoms with Crippen molar-refractivity contribution in [2.75, 3.05) is 13.1 Å². The highest BCUT2D eigenvalue weighted by Crippen LogP contribution is 2.27. The van der Waals surface area contributed by atoms with Gasteiger partial charge in [-0.1, -0.05) is 43.2 Å². The molecule has 1 aliphatic heterocycles. The summed E-state index contributed by atoms with van der Waals surface area (Å²) in [6.07, 6.45) is 5.88. The van der Waals surface area contributed by atoms with E-state index < -0.39 is 10.0 Å². The van der Waals surface area contributed by atoms with Gasteiger partial charge in [-0.05, 0) is 48.6 Å². The van der Waals surface area contributed by atoms with Crippen LogP contribution in [0.5, 0.6) is 0 Å². The molecule has 5 nitrogen and oxygen atoms in total. The third kappa shape index (κ3) is 3.87. The van der Waals surface area contributed by atoms with Gasteiger partial charge in [0.2, 0.25) is 15.9 Å². The van der Waals surface area contributed by atoms with E-state index in [4.69, 9.17) is 0 Å². The normalized spacial score (nSPS) is 22.1. The highest BCUT2D eigenvalue weighted by molar-refractivity contribution is 7.89. The number of benzene rings is 2. The van der Waals surface area contributed by atoms with Crippen molar-refractivity contribution in [3.63, 3.8) is 0 Å². The van der Waals surface area contributed by atoms with E-state index in [1.54, 1.807) is 12.1 Å². The molecule has 2 aliphatic rings. The molecule has 0 spiro atoms. The third-order valence-corrected chi connectivity index (χ3v) is 7.68. The number of rotatable bonds is 4. The summed E-state index contributed by atoms with van der Waals surface area (Å²) in [5.74, 6) is -0.241. The minimum Gasteiger partial charge on any atom is -0.353 e. The summed E-state index contributed by atoms with van der Waals surface area (Å²) in [6, 6.07) is 13.2. The van der Waals surface area contributed by atoms with Gasteiger partial charge in [0.1, 0.15) is 0 Å². The molecule has 0 radical (unpaired) electrons. The Bertz CT molecular complexity index is 935. The lowest BCUT2D eigenvalue weighted by Gasteiger charge is -2.32. The quantitative estimate of drug-likeness (QED) is 0.877. The zero-order valence-electron chi connectivity index (χ0n) is 15.4. The Labute approximate surface area is 160 Å². The first-order chi connectivity index (χ1) is 13.0. The van der Waals surface area contributed by atoms with E-state index in [1.807, 2.05) is 30.3 Å². The van der Waals surface area contributed by atoms with Gasteiger partial charge in [-0.25, -0.2) is 8.42 Å². The van der Waals surface area contributed by atoms with E-state index in [9.17, 15) is 13.2 Å². The summed E-state index contributed by atoms with van der Waals surface area (Å²) in [6.45, 7) is 0.746. The van der Waals surface area contributed by atoms with Gasteiger partial charge in [-0.15, -0.1) is 0 Å². The van der Waals surface area contributed by atoms with Crippen LogP contribution < -0.4 is 5.32 Å². The van der Waals surface area contributed by atoms with Crippen LogP contribution in [0.3, 0.4) is 0 Å². The fraction of sp³-hybridized carbons (Fsp3) is 0.476. The van der Waals surface area contributed by atoms with Crippen molar-refractivity contribution in [3.05, 3.63) is 42.5 Å². The molecule has 0 aromatic heterocycles. The largest absolute Gasteiger partial charge is 0.353 e. The molecule has 0 bridgehead atoms. The second-order valence-electron chi connectivity index (χ2n) is 7.70. The highest BCUT2D eigenvalue weighted by atomic mass is 32.2. The number of fused-ring (bicyclic) bond motifs is 1. The van der Waals surface area contributed by atoms with Crippen LogP contribution >= 0.6 is 0 Å². The first-order valence-corrected chi connectivity index (χ1v) is 11.3. The SMILES string of the molecule is O=C(NC1CCCC1)[C@@H]1CCCN(S(=O)(=O)c2ccc3ccccc3c2)C1. The first-order valence-electron chi connectivity index (χ1n) is 9.83. The van der Waals surface area contributed by atoms with Crippen molar-refractivity contribution in [1.29, 1.82) is 0 Å². The summed E-state index contributed by atoms with van der Waals surface area (Å²) < 4.78 is 27.8. The molecule has 0 unspecified atom stereocenters. The smallest absolute Gasteiger partial charge is 0.243 e. The Morgan fingerprint density at radius 1 is 0.963 bits per heavy atom. The maximum atomic E-state index is 13.1. The highest BCUT2D eigenvalue weighted by Gasteiger charge is 2.34. The number of amides is 1. The molecule has 1 heterocycles. The minimum atomic E-state index is -3.59. The lowest BCUT2D eigenvalue weighted by atomic mass is 9.98. The van der Waals surface area contributed by atoms with Gasteiger partial charge < -0.3 is 5.32 Å². The average molecular weight is 387 g/mol. The predicted octanol–water partition coefficient (Wildman–Crippen LogP) is 3.30. The van der Waals surface area contributed by atoms with Crippen LogP contribution in [0.15, 0.2) is 47.4 Å². The number of nitrogens with zero attached hydrogens (tertiary/aromatic N) is 1. The van der Waals surface area contributed by atoms with E-state index >= 15 is 0 Å². The van der Waals surface area contributed by atoms with E-state index in [-0.39, 0.29) is 24.4 Å². The van der Waals surface area contributed by atoms with E-state index in [0.717, 1.165) is 49.3 Å². The molecule has 6 heteroatoms. The van der Waals surface area contributed by atoms with Crippen molar-refractivity contribution < 1.29 is 13.2 Å². The van der Waals surface area contributed by atoms with Gasteiger partial charge >= 0.3 is 0 Å². The van der Waals surface area contributed by atoms with E-state index in [2.05, 4.69) is 5.32 Å². The molecule has 4 rings (SSSR count). The summed E-state index contributed by atoms with van der Waals surface area (Å²) in [7, 11) is -3.59. The second kappa shape index (κ2) is 7.60. The van der Waals surface area contributed by atoms with Crippen LogP contribution in [0.1, 0.15) is 38.5 Å². The van der Waals surface area contributed by atoms with Crippen LogP contribution in [0.25, 0.3) is 10.8 Å². The Morgan fingerprint density at radius 3 is 2.48 bits per heavy atom. The second-order valence-corrected chi connectivity index (χ2v) is 9.64. The molecular weight excluding hydrogens is 360 g/mol. The monoisotopic (exact) mass is 386 g/mol. The van der Waals surface area contributed by atoms with Crippen molar-refractivity contribution in [1.82, 2.24) is 9.62 Å². The van der Waals surface area contributed by atoms with Crippen LogP contribution in [0.2, 0.25) is 0 Å². The van der Waals surface area contributed by atoms with Crippen LogP contribution in [0, 0.1) is 5.92 Å². The molecule has 144 valence electrons. The number of nitrogens with one attached hydrogen (secondary N) is 1. The van der Waals surface area contributed by atoms with Gasteiger partial charge in [0.15, 0.2) is 0 Å². The number of sulfonamides is 1. The maximum Gasteiger partial charge on any atom is 0.243 e. The molecular formula is C21H26N2O3S. The summed E-state index contributed by atoms with van der Waals surface area (Å²) >= 11 is 0. The number of piperidine rings is 1. The van der Waals surface area contributed by atoms with Gasteiger partial charge in [0, 0.05) is 19.1 Å². The summed E-state index contributed by atoms with van der Waals surface area (Å²) in [5, 5.41) is 5.05. The fourth-order valence-electron chi connectivity index (χ4n) is 4.24. The number of hydrogen-bond donors (Lipinski definition) is 1.